The second-order valence-electron chi connectivity index (χ2n) is 4.95. The molecular weight excluding hydrogens is 240 g/mol. The van der Waals surface area contributed by atoms with Gasteiger partial charge in [0.05, 0.1) is 14.2 Å². The van der Waals surface area contributed by atoms with Crippen molar-refractivity contribution >= 4 is 0 Å². The zero-order valence-electron chi connectivity index (χ0n) is 12.7. The van der Waals surface area contributed by atoms with E-state index in [9.17, 15) is 0 Å². The number of hydrogen-bond donors (Lipinski definition) is 1. The van der Waals surface area contributed by atoms with Gasteiger partial charge in [0, 0.05) is 19.1 Å². The van der Waals surface area contributed by atoms with Crippen LogP contribution in [0.25, 0.3) is 0 Å². The van der Waals surface area contributed by atoms with Crippen LogP contribution >= 0.6 is 0 Å². The maximum Gasteiger partial charge on any atom is 0.122 e. The van der Waals surface area contributed by atoms with E-state index in [1.807, 2.05) is 13.0 Å². The lowest BCUT2D eigenvalue weighted by atomic mass is 10.1. The Hall–Kier alpha value is -1.26. The van der Waals surface area contributed by atoms with E-state index in [0.29, 0.717) is 12.6 Å². The van der Waals surface area contributed by atoms with E-state index in [4.69, 9.17) is 15.2 Å². The molecule has 0 spiro atoms. The lowest BCUT2D eigenvalue weighted by molar-refractivity contribution is 0.265. The first-order chi connectivity index (χ1) is 9.03. The Labute approximate surface area is 116 Å². The number of likely N-dealkylation sites (N-methyl/N-ethyl adjacent to an activating group) is 1. The van der Waals surface area contributed by atoms with Crippen molar-refractivity contribution < 1.29 is 9.47 Å². The Balaban J connectivity index is 2.82. The molecule has 1 atom stereocenters. The van der Waals surface area contributed by atoms with E-state index in [1.165, 1.54) is 5.56 Å². The monoisotopic (exact) mass is 266 g/mol. The van der Waals surface area contributed by atoms with E-state index in [1.54, 1.807) is 14.2 Å². The van der Waals surface area contributed by atoms with Gasteiger partial charge >= 0.3 is 0 Å². The van der Waals surface area contributed by atoms with E-state index >= 15 is 0 Å². The van der Waals surface area contributed by atoms with Gasteiger partial charge in [0.25, 0.3) is 0 Å². The van der Waals surface area contributed by atoms with Crippen molar-refractivity contribution in [2.24, 2.45) is 5.73 Å². The molecule has 0 aliphatic rings. The van der Waals surface area contributed by atoms with Crippen LogP contribution in [-0.4, -0.2) is 45.3 Å². The molecule has 1 aromatic carbocycles. The molecule has 2 N–H and O–H groups in total. The fourth-order valence-electron chi connectivity index (χ4n) is 2.01. The third-order valence-electron chi connectivity index (χ3n) is 3.63. The summed E-state index contributed by atoms with van der Waals surface area (Å²) in [4.78, 5) is 2.26. The van der Waals surface area contributed by atoms with Gasteiger partial charge in [-0.15, -0.1) is 0 Å². The Morgan fingerprint density at radius 2 is 1.84 bits per heavy atom. The van der Waals surface area contributed by atoms with Crippen LogP contribution in [0.1, 0.15) is 18.1 Å². The molecule has 1 rings (SSSR count). The number of aryl methyl sites for hydroxylation is 1. The summed E-state index contributed by atoms with van der Waals surface area (Å²) in [7, 11) is 5.49. The predicted octanol–water partition coefficient (Wildman–Crippen LogP) is 1.83. The molecule has 0 fully saturated rings. The highest BCUT2D eigenvalue weighted by molar-refractivity contribution is 5.46. The molecule has 0 aliphatic heterocycles. The molecule has 0 aromatic heterocycles. The first kappa shape index (κ1) is 15.8. The molecule has 0 radical (unpaired) electrons. The first-order valence-electron chi connectivity index (χ1n) is 6.65. The second-order valence-corrected chi connectivity index (χ2v) is 4.95. The van der Waals surface area contributed by atoms with Crippen LogP contribution < -0.4 is 15.2 Å². The normalized spacial score (nSPS) is 12.6. The van der Waals surface area contributed by atoms with E-state index in [0.717, 1.165) is 30.0 Å². The number of nitrogens with two attached hydrogens (primary N) is 1. The Morgan fingerprint density at radius 1 is 1.21 bits per heavy atom. The lowest BCUT2D eigenvalue weighted by Crippen LogP contribution is -2.36. The van der Waals surface area contributed by atoms with Crippen molar-refractivity contribution in [2.45, 2.75) is 26.3 Å². The van der Waals surface area contributed by atoms with Crippen molar-refractivity contribution in [3.05, 3.63) is 23.3 Å². The molecule has 0 amide bonds. The third kappa shape index (κ3) is 4.11. The number of nitrogens with zero attached hydrogens (tertiary/aromatic N) is 1. The molecule has 108 valence electrons. The van der Waals surface area contributed by atoms with Gasteiger partial charge < -0.3 is 20.1 Å². The summed E-state index contributed by atoms with van der Waals surface area (Å²) in [5.74, 6) is 1.83. The van der Waals surface area contributed by atoms with Crippen LogP contribution in [0.15, 0.2) is 12.1 Å². The van der Waals surface area contributed by atoms with E-state index in [2.05, 4.69) is 24.9 Å². The number of benzene rings is 1. The minimum Gasteiger partial charge on any atom is -0.496 e. The van der Waals surface area contributed by atoms with Crippen LogP contribution in [0.4, 0.5) is 0 Å². The Morgan fingerprint density at radius 3 is 2.37 bits per heavy atom. The van der Waals surface area contributed by atoms with Crippen molar-refractivity contribution in [1.29, 1.82) is 0 Å². The number of rotatable bonds is 7. The summed E-state index contributed by atoms with van der Waals surface area (Å²) < 4.78 is 10.8. The fraction of sp³-hybridized carbons (Fsp3) is 0.600. The van der Waals surface area contributed by atoms with Crippen molar-refractivity contribution in [2.75, 3.05) is 34.4 Å². The minimum atomic E-state index is 0.387. The molecule has 19 heavy (non-hydrogen) atoms. The van der Waals surface area contributed by atoms with Gasteiger partial charge in [-0.2, -0.15) is 0 Å². The molecule has 0 heterocycles. The van der Waals surface area contributed by atoms with Gasteiger partial charge in [0.1, 0.15) is 11.5 Å². The molecule has 0 saturated heterocycles. The highest BCUT2D eigenvalue weighted by Gasteiger charge is 2.11. The summed E-state index contributed by atoms with van der Waals surface area (Å²) in [6.45, 7) is 5.77. The topological polar surface area (TPSA) is 47.7 Å². The Kier molecular flexibility index (Phi) is 6.12. The van der Waals surface area contributed by atoms with Gasteiger partial charge in [-0.05, 0) is 50.6 Å². The molecule has 4 nitrogen and oxygen atoms in total. The van der Waals surface area contributed by atoms with Crippen LogP contribution in [0, 0.1) is 6.92 Å². The fourth-order valence-corrected chi connectivity index (χ4v) is 2.01. The van der Waals surface area contributed by atoms with Gasteiger partial charge in [-0.3, -0.25) is 0 Å². The van der Waals surface area contributed by atoms with Crippen LogP contribution in [0.3, 0.4) is 0 Å². The maximum absolute atomic E-state index is 5.68. The average molecular weight is 266 g/mol. The number of ether oxygens (including phenoxy) is 2. The number of methoxy groups -OCH3 is 2. The van der Waals surface area contributed by atoms with Gasteiger partial charge in [-0.25, -0.2) is 0 Å². The smallest absolute Gasteiger partial charge is 0.122 e. The number of hydrogen-bond acceptors (Lipinski definition) is 4. The zero-order valence-corrected chi connectivity index (χ0v) is 12.7. The van der Waals surface area contributed by atoms with E-state index in [-0.39, 0.29) is 0 Å². The molecular formula is C15H26N2O2. The summed E-state index contributed by atoms with van der Waals surface area (Å²) >= 11 is 0. The third-order valence-corrected chi connectivity index (χ3v) is 3.63. The van der Waals surface area contributed by atoms with Crippen LogP contribution in [0.2, 0.25) is 0 Å². The molecule has 0 bridgehead atoms. The lowest BCUT2D eigenvalue weighted by Gasteiger charge is -2.23. The predicted molar refractivity (Wildman–Crippen MR) is 79.1 cm³/mol. The SMILES string of the molecule is COc1cc(CCN(C)C(C)CN)c(OC)cc1C. The minimum absolute atomic E-state index is 0.387. The molecule has 0 saturated carbocycles. The van der Waals surface area contributed by atoms with Gasteiger partial charge in [0.2, 0.25) is 0 Å². The van der Waals surface area contributed by atoms with E-state index < -0.39 is 0 Å². The van der Waals surface area contributed by atoms with Gasteiger partial charge in [0.15, 0.2) is 0 Å². The summed E-state index contributed by atoms with van der Waals surface area (Å²) in [5, 5.41) is 0. The molecule has 4 heteroatoms. The first-order valence-corrected chi connectivity index (χ1v) is 6.65. The highest BCUT2D eigenvalue weighted by atomic mass is 16.5. The quantitative estimate of drug-likeness (QED) is 0.818. The van der Waals surface area contributed by atoms with Crippen molar-refractivity contribution in [3.63, 3.8) is 0 Å². The molecule has 1 aromatic rings. The van der Waals surface area contributed by atoms with Crippen molar-refractivity contribution in [3.8, 4) is 11.5 Å². The van der Waals surface area contributed by atoms with Gasteiger partial charge in [-0.1, -0.05) is 0 Å². The molecule has 0 aliphatic carbocycles. The van der Waals surface area contributed by atoms with Crippen LogP contribution in [-0.2, 0) is 6.42 Å². The average Bonchev–Trinajstić information content (AvgIpc) is 2.44. The maximum atomic E-state index is 5.68. The van der Waals surface area contributed by atoms with Crippen molar-refractivity contribution in [1.82, 2.24) is 4.90 Å². The second kappa shape index (κ2) is 7.36. The summed E-state index contributed by atoms with van der Waals surface area (Å²) in [5.41, 5.74) is 7.93. The zero-order chi connectivity index (χ0) is 14.4. The summed E-state index contributed by atoms with van der Waals surface area (Å²) in [6, 6.07) is 4.48. The Bertz CT molecular complexity index is 407. The summed E-state index contributed by atoms with van der Waals surface area (Å²) in [6.07, 6.45) is 0.917. The highest BCUT2D eigenvalue weighted by Crippen LogP contribution is 2.28. The van der Waals surface area contributed by atoms with Crippen LogP contribution in [0.5, 0.6) is 11.5 Å². The standard InChI is InChI=1S/C15H26N2O2/c1-11-8-15(19-5)13(9-14(11)18-4)6-7-17(3)12(2)10-16/h8-9,12H,6-7,10,16H2,1-5H3. The largest absolute Gasteiger partial charge is 0.496 e. The molecule has 1 unspecified atom stereocenters.